The summed E-state index contributed by atoms with van der Waals surface area (Å²) in [4.78, 5) is 30.3. The highest BCUT2D eigenvalue weighted by Gasteiger charge is 2.31. The van der Waals surface area contributed by atoms with Gasteiger partial charge in [0.25, 0.3) is 0 Å². The summed E-state index contributed by atoms with van der Waals surface area (Å²) in [6.45, 7) is 0.994. The monoisotopic (exact) mass is 393 g/mol. The fraction of sp³-hybridized carbons (Fsp3) is 0.632. The molecule has 27 heavy (non-hydrogen) atoms. The van der Waals surface area contributed by atoms with Crippen molar-refractivity contribution in [2.45, 2.75) is 50.2 Å². The van der Waals surface area contributed by atoms with Gasteiger partial charge in [0.1, 0.15) is 0 Å². The van der Waals surface area contributed by atoms with Gasteiger partial charge in [-0.25, -0.2) is 8.42 Å². The SMILES string of the molecule is O=C(Nc1ccncc1)C1CCN(C(=O)CCS(=O)(=O)C2CCCC2)CC1. The molecule has 0 bridgehead atoms. The molecule has 0 radical (unpaired) electrons. The van der Waals surface area contributed by atoms with Gasteiger partial charge < -0.3 is 10.2 Å². The Morgan fingerprint density at radius 1 is 1.07 bits per heavy atom. The van der Waals surface area contributed by atoms with Crippen LogP contribution in [0.15, 0.2) is 24.5 Å². The molecule has 2 heterocycles. The lowest BCUT2D eigenvalue weighted by Gasteiger charge is -2.31. The minimum Gasteiger partial charge on any atom is -0.343 e. The second-order valence-electron chi connectivity index (χ2n) is 7.40. The van der Waals surface area contributed by atoms with Crippen molar-refractivity contribution in [3.63, 3.8) is 0 Å². The highest BCUT2D eigenvalue weighted by Crippen LogP contribution is 2.26. The van der Waals surface area contributed by atoms with E-state index in [2.05, 4.69) is 10.3 Å². The molecule has 2 aliphatic rings. The Morgan fingerprint density at radius 2 is 1.70 bits per heavy atom. The van der Waals surface area contributed by atoms with E-state index < -0.39 is 9.84 Å². The van der Waals surface area contributed by atoms with E-state index in [0.717, 1.165) is 25.7 Å². The smallest absolute Gasteiger partial charge is 0.227 e. The van der Waals surface area contributed by atoms with E-state index >= 15 is 0 Å². The van der Waals surface area contributed by atoms with Crippen LogP contribution in [0.3, 0.4) is 0 Å². The van der Waals surface area contributed by atoms with Crippen molar-refractivity contribution in [3.8, 4) is 0 Å². The Hall–Kier alpha value is -1.96. The number of amides is 2. The molecule has 148 valence electrons. The van der Waals surface area contributed by atoms with Crippen LogP contribution in [0.4, 0.5) is 5.69 Å². The number of nitrogens with one attached hydrogen (secondary N) is 1. The number of likely N-dealkylation sites (tertiary alicyclic amines) is 1. The highest BCUT2D eigenvalue weighted by molar-refractivity contribution is 7.92. The fourth-order valence-electron chi connectivity index (χ4n) is 3.87. The molecule has 0 unspecified atom stereocenters. The molecule has 1 saturated carbocycles. The number of rotatable bonds is 6. The number of piperidine rings is 1. The van der Waals surface area contributed by atoms with Crippen LogP contribution in [-0.4, -0.2) is 54.2 Å². The van der Waals surface area contributed by atoms with Crippen LogP contribution >= 0.6 is 0 Å². The number of aromatic nitrogens is 1. The van der Waals surface area contributed by atoms with Gasteiger partial charge in [0.2, 0.25) is 11.8 Å². The number of hydrogen-bond donors (Lipinski definition) is 1. The Morgan fingerprint density at radius 3 is 2.33 bits per heavy atom. The summed E-state index contributed by atoms with van der Waals surface area (Å²) in [5, 5.41) is 2.61. The lowest BCUT2D eigenvalue weighted by atomic mass is 9.95. The first-order valence-corrected chi connectivity index (χ1v) is 11.4. The number of sulfone groups is 1. The molecule has 1 saturated heterocycles. The van der Waals surface area contributed by atoms with Crippen LogP contribution in [-0.2, 0) is 19.4 Å². The maximum absolute atomic E-state index is 12.4. The number of anilines is 1. The summed E-state index contributed by atoms with van der Waals surface area (Å²) in [5.41, 5.74) is 0.714. The van der Waals surface area contributed by atoms with Gasteiger partial charge in [0.15, 0.2) is 9.84 Å². The Balaban J connectivity index is 1.43. The summed E-state index contributed by atoms with van der Waals surface area (Å²) in [6.07, 6.45) is 7.87. The van der Waals surface area contributed by atoms with Crippen molar-refractivity contribution >= 4 is 27.3 Å². The Kier molecular flexibility index (Phi) is 6.46. The first-order valence-electron chi connectivity index (χ1n) is 9.66. The van der Waals surface area contributed by atoms with Crippen molar-refractivity contribution in [1.82, 2.24) is 9.88 Å². The van der Waals surface area contributed by atoms with Crippen molar-refractivity contribution in [1.29, 1.82) is 0 Å². The van der Waals surface area contributed by atoms with Crippen LogP contribution in [0.2, 0.25) is 0 Å². The summed E-state index contributed by atoms with van der Waals surface area (Å²) in [5.74, 6) is -0.356. The van der Waals surface area contributed by atoms with Crippen LogP contribution in [0.25, 0.3) is 0 Å². The second-order valence-corrected chi connectivity index (χ2v) is 9.80. The summed E-state index contributed by atoms with van der Waals surface area (Å²) >= 11 is 0. The molecule has 1 aliphatic heterocycles. The first kappa shape index (κ1) is 19.8. The van der Waals surface area contributed by atoms with Crippen LogP contribution in [0.1, 0.15) is 44.9 Å². The zero-order chi connectivity index (χ0) is 19.3. The van der Waals surface area contributed by atoms with Crippen molar-refractivity contribution in [3.05, 3.63) is 24.5 Å². The standard InChI is InChI=1S/C19H27N3O4S/c23-18(9-14-27(25,26)17-3-1-2-4-17)22-12-7-15(8-13-22)19(24)21-16-5-10-20-11-6-16/h5-6,10-11,15,17H,1-4,7-9,12-14H2,(H,20,21,24). The number of nitrogens with zero attached hydrogens (tertiary/aromatic N) is 2. The van der Waals surface area contributed by atoms with Crippen LogP contribution in [0, 0.1) is 5.92 Å². The van der Waals surface area contributed by atoms with E-state index in [1.165, 1.54) is 0 Å². The van der Waals surface area contributed by atoms with Gasteiger partial charge in [-0.2, -0.15) is 0 Å². The van der Waals surface area contributed by atoms with E-state index in [4.69, 9.17) is 0 Å². The summed E-state index contributed by atoms with van der Waals surface area (Å²) < 4.78 is 24.6. The maximum Gasteiger partial charge on any atom is 0.227 e. The Bertz CT molecular complexity index is 752. The molecule has 0 atom stereocenters. The molecular weight excluding hydrogens is 366 g/mol. The molecule has 7 nitrogen and oxygen atoms in total. The number of carbonyl (C=O) groups is 2. The Labute approximate surface area is 160 Å². The molecular formula is C19H27N3O4S. The summed E-state index contributed by atoms with van der Waals surface area (Å²) in [7, 11) is -3.17. The third-order valence-electron chi connectivity index (χ3n) is 5.58. The van der Waals surface area contributed by atoms with E-state index in [1.54, 1.807) is 29.4 Å². The van der Waals surface area contributed by atoms with Crippen LogP contribution < -0.4 is 5.32 Å². The van der Waals surface area contributed by atoms with Gasteiger partial charge in [0.05, 0.1) is 11.0 Å². The molecule has 2 amide bonds. The average Bonchev–Trinajstić information content (AvgIpc) is 3.23. The lowest BCUT2D eigenvalue weighted by Crippen LogP contribution is -2.42. The third-order valence-corrected chi connectivity index (χ3v) is 7.84. The summed E-state index contributed by atoms with van der Waals surface area (Å²) in [6, 6.07) is 3.47. The molecule has 8 heteroatoms. The number of pyridine rings is 1. The van der Waals surface area contributed by atoms with Gasteiger partial charge in [0, 0.05) is 43.5 Å². The molecule has 1 aromatic rings. The van der Waals surface area contributed by atoms with Gasteiger partial charge in [-0.15, -0.1) is 0 Å². The fourth-order valence-corrected chi connectivity index (χ4v) is 5.72. The van der Waals surface area contributed by atoms with Gasteiger partial charge in [-0.05, 0) is 37.8 Å². The number of hydrogen-bond acceptors (Lipinski definition) is 5. The van der Waals surface area contributed by atoms with Crippen molar-refractivity contribution < 1.29 is 18.0 Å². The van der Waals surface area contributed by atoms with Gasteiger partial charge >= 0.3 is 0 Å². The minimum atomic E-state index is -3.17. The van der Waals surface area contributed by atoms with E-state index in [0.29, 0.717) is 31.6 Å². The van der Waals surface area contributed by atoms with E-state index in [9.17, 15) is 18.0 Å². The minimum absolute atomic E-state index is 0.0443. The largest absolute Gasteiger partial charge is 0.343 e. The van der Waals surface area contributed by atoms with Gasteiger partial charge in [-0.1, -0.05) is 12.8 Å². The molecule has 0 aromatic carbocycles. The highest BCUT2D eigenvalue weighted by atomic mass is 32.2. The lowest BCUT2D eigenvalue weighted by molar-refractivity contribution is -0.134. The molecule has 0 spiro atoms. The maximum atomic E-state index is 12.4. The van der Waals surface area contributed by atoms with Crippen molar-refractivity contribution in [2.24, 2.45) is 5.92 Å². The predicted molar refractivity (Wildman–Crippen MR) is 103 cm³/mol. The quantitative estimate of drug-likeness (QED) is 0.797. The van der Waals surface area contributed by atoms with E-state index in [-0.39, 0.29) is 35.2 Å². The topological polar surface area (TPSA) is 96.4 Å². The molecule has 1 aromatic heterocycles. The second kappa shape index (κ2) is 8.82. The first-order chi connectivity index (χ1) is 13.0. The predicted octanol–water partition coefficient (Wildman–Crippen LogP) is 2.01. The van der Waals surface area contributed by atoms with E-state index in [1.807, 2.05) is 0 Å². The van der Waals surface area contributed by atoms with Gasteiger partial charge in [-0.3, -0.25) is 14.6 Å². The van der Waals surface area contributed by atoms with Crippen molar-refractivity contribution in [2.75, 3.05) is 24.2 Å². The molecule has 1 N–H and O–H groups in total. The molecule has 1 aliphatic carbocycles. The zero-order valence-electron chi connectivity index (χ0n) is 15.5. The zero-order valence-corrected chi connectivity index (χ0v) is 16.3. The van der Waals surface area contributed by atoms with Crippen LogP contribution in [0.5, 0.6) is 0 Å². The molecule has 2 fully saturated rings. The third kappa shape index (κ3) is 5.28. The normalized spacial score (nSPS) is 19.2. The number of carbonyl (C=O) groups excluding carboxylic acids is 2. The average molecular weight is 394 g/mol. The molecule has 3 rings (SSSR count).